The summed E-state index contributed by atoms with van der Waals surface area (Å²) in [4.78, 5) is 32.4. The van der Waals surface area contributed by atoms with Crippen LogP contribution in [0.5, 0.6) is 0 Å². The molecule has 0 saturated heterocycles. The van der Waals surface area contributed by atoms with Gasteiger partial charge in [0.2, 0.25) is 5.78 Å². The van der Waals surface area contributed by atoms with E-state index in [9.17, 15) is 14.9 Å². The molecule has 0 spiro atoms. The molecule has 2 heterocycles. The number of non-ortho nitro benzene ring substituents is 1. The lowest BCUT2D eigenvalue weighted by Crippen LogP contribution is -2.29. The SMILES string of the molecule is CC(CC(=N)C(=O)c1ccc(-c2c[nH]c3ccc([N+](=O)[O-])cc23)nc1)N(C)C. The predicted octanol–water partition coefficient (Wildman–Crippen LogP) is 3.68. The smallest absolute Gasteiger partial charge is 0.270 e. The Kier molecular flexibility index (Phi) is 5.32. The summed E-state index contributed by atoms with van der Waals surface area (Å²) in [6.07, 6.45) is 3.54. The summed E-state index contributed by atoms with van der Waals surface area (Å²) in [7, 11) is 3.81. The minimum Gasteiger partial charge on any atom is -0.360 e. The van der Waals surface area contributed by atoms with Crippen molar-refractivity contribution in [3.05, 3.63) is 58.4 Å². The number of nitrogens with zero attached hydrogens (tertiary/aromatic N) is 3. The number of ketones is 1. The van der Waals surface area contributed by atoms with Crippen LogP contribution in [0.1, 0.15) is 23.7 Å². The van der Waals surface area contributed by atoms with Gasteiger partial charge in [-0.2, -0.15) is 0 Å². The van der Waals surface area contributed by atoms with Gasteiger partial charge in [-0.3, -0.25) is 19.9 Å². The molecule has 3 aromatic rings. The van der Waals surface area contributed by atoms with Gasteiger partial charge in [0.1, 0.15) is 0 Å². The first-order valence-electron chi connectivity index (χ1n) is 8.78. The van der Waals surface area contributed by atoms with Gasteiger partial charge >= 0.3 is 0 Å². The zero-order valence-electron chi connectivity index (χ0n) is 15.9. The second-order valence-corrected chi connectivity index (χ2v) is 6.95. The monoisotopic (exact) mass is 379 g/mol. The first-order valence-corrected chi connectivity index (χ1v) is 8.78. The number of fused-ring (bicyclic) bond motifs is 1. The lowest BCUT2D eigenvalue weighted by Gasteiger charge is -2.19. The third-order valence-corrected chi connectivity index (χ3v) is 4.83. The van der Waals surface area contributed by atoms with Crippen LogP contribution >= 0.6 is 0 Å². The van der Waals surface area contributed by atoms with Gasteiger partial charge in [0.25, 0.3) is 5.69 Å². The van der Waals surface area contributed by atoms with Crippen molar-refractivity contribution in [2.24, 2.45) is 0 Å². The number of hydrogen-bond acceptors (Lipinski definition) is 6. The standard InChI is InChI=1S/C20H21N5O3/c1-12(24(2)3)8-17(21)20(26)13-4-6-19(22-10-13)16-11-23-18-7-5-14(25(27)28)9-15(16)18/h4-7,9-12,21,23H,8H2,1-3H3. The fourth-order valence-corrected chi connectivity index (χ4v) is 2.87. The van der Waals surface area contributed by atoms with Crippen molar-refractivity contribution < 1.29 is 9.72 Å². The maximum Gasteiger partial charge on any atom is 0.270 e. The van der Waals surface area contributed by atoms with Crippen LogP contribution in [0.25, 0.3) is 22.2 Å². The maximum atomic E-state index is 12.5. The van der Waals surface area contributed by atoms with Crippen molar-refractivity contribution in [1.82, 2.24) is 14.9 Å². The third kappa shape index (κ3) is 3.81. The molecule has 8 nitrogen and oxygen atoms in total. The van der Waals surface area contributed by atoms with E-state index in [0.29, 0.717) is 28.6 Å². The Morgan fingerprint density at radius 2 is 2.07 bits per heavy atom. The topological polar surface area (TPSA) is 116 Å². The van der Waals surface area contributed by atoms with Crippen LogP contribution < -0.4 is 0 Å². The first kappa shape index (κ1) is 19.4. The van der Waals surface area contributed by atoms with Gasteiger partial charge < -0.3 is 15.3 Å². The van der Waals surface area contributed by atoms with E-state index in [1.165, 1.54) is 18.3 Å². The van der Waals surface area contributed by atoms with Crippen LogP contribution in [-0.4, -0.2) is 51.4 Å². The Morgan fingerprint density at radius 1 is 1.32 bits per heavy atom. The number of H-pyrrole nitrogens is 1. The van der Waals surface area contributed by atoms with Gasteiger partial charge in [-0.15, -0.1) is 0 Å². The van der Waals surface area contributed by atoms with Crippen LogP contribution in [0.2, 0.25) is 0 Å². The van der Waals surface area contributed by atoms with Crippen molar-refractivity contribution in [3.8, 4) is 11.3 Å². The normalized spacial score (nSPS) is 12.3. The molecule has 2 N–H and O–H groups in total. The number of benzene rings is 1. The molecule has 8 heteroatoms. The molecule has 144 valence electrons. The second-order valence-electron chi connectivity index (χ2n) is 6.95. The van der Waals surface area contributed by atoms with Crippen molar-refractivity contribution in [3.63, 3.8) is 0 Å². The summed E-state index contributed by atoms with van der Waals surface area (Å²) >= 11 is 0. The summed E-state index contributed by atoms with van der Waals surface area (Å²) in [6, 6.07) is 8.01. The molecule has 0 aliphatic carbocycles. The lowest BCUT2D eigenvalue weighted by molar-refractivity contribution is -0.384. The Balaban J connectivity index is 1.86. The average molecular weight is 379 g/mol. The molecular formula is C20H21N5O3. The Hall–Kier alpha value is -3.39. The van der Waals surface area contributed by atoms with E-state index in [0.717, 1.165) is 5.52 Å². The molecule has 0 amide bonds. The van der Waals surface area contributed by atoms with E-state index in [1.54, 1.807) is 24.4 Å². The van der Waals surface area contributed by atoms with Crippen LogP contribution in [0.15, 0.2) is 42.7 Å². The van der Waals surface area contributed by atoms with Gasteiger partial charge in [0, 0.05) is 59.0 Å². The number of aromatic amines is 1. The zero-order chi connectivity index (χ0) is 20.4. The van der Waals surface area contributed by atoms with E-state index in [-0.39, 0.29) is 23.2 Å². The highest BCUT2D eigenvalue weighted by atomic mass is 16.6. The van der Waals surface area contributed by atoms with Crippen molar-refractivity contribution >= 4 is 28.1 Å². The molecule has 0 fully saturated rings. The molecule has 0 aliphatic heterocycles. The highest BCUT2D eigenvalue weighted by Gasteiger charge is 2.18. The van der Waals surface area contributed by atoms with Gasteiger partial charge in [0.15, 0.2) is 0 Å². The van der Waals surface area contributed by atoms with Crippen molar-refractivity contribution in [2.45, 2.75) is 19.4 Å². The number of nitrogens with one attached hydrogen (secondary N) is 2. The minimum absolute atomic E-state index is 0.00334. The van der Waals surface area contributed by atoms with E-state index < -0.39 is 4.92 Å². The van der Waals surface area contributed by atoms with E-state index in [4.69, 9.17) is 5.41 Å². The Labute approximate surface area is 161 Å². The fraction of sp³-hybridized carbons (Fsp3) is 0.250. The molecule has 0 aliphatic rings. The molecule has 1 aromatic carbocycles. The molecule has 1 atom stereocenters. The summed E-state index contributed by atoms with van der Waals surface area (Å²) in [6.45, 7) is 1.96. The highest BCUT2D eigenvalue weighted by molar-refractivity contribution is 6.44. The number of Topliss-reactive ketones (excluding diaryl/α,β-unsaturated/α-hetero) is 1. The number of carbonyl (C=O) groups excluding carboxylic acids is 1. The quantitative estimate of drug-likeness (QED) is 0.281. The van der Waals surface area contributed by atoms with Crippen molar-refractivity contribution in [2.75, 3.05) is 14.1 Å². The minimum atomic E-state index is -0.439. The molecule has 0 saturated carbocycles. The fourth-order valence-electron chi connectivity index (χ4n) is 2.87. The molecule has 1 unspecified atom stereocenters. The number of carbonyl (C=O) groups is 1. The largest absolute Gasteiger partial charge is 0.360 e. The van der Waals surface area contributed by atoms with E-state index in [2.05, 4.69) is 9.97 Å². The molecule has 0 radical (unpaired) electrons. The van der Waals surface area contributed by atoms with Crippen LogP contribution in [-0.2, 0) is 0 Å². The van der Waals surface area contributed by atoms with Gasteiger partial charge in [-0.05, 0) is 39.2 Å². The summed E-state index contributed by atoms with van der Waals surface area (Å²) in [5.41, 5.74) is 2.47. The summed E-state index contributed by atoms with van der Waals surface area (Å²) < 4.78 is 0. The average Bonchev–Trinajstić information content (AvgIpc) is 3.10. The highest BCUT2D eigenvalue weighted by Crippen LogP contribution is 2.30. The predicted molar refractivity (Wildman–Crippen MR) is 108 cm³/mol. The number of nitro groups is 1. The number of rotatable bonds is 7. The molecule has 0 bridgehead atoms. The number of nitro benzene ring substituents is 1. The maximum absolute atomic E-state index is 12.5. The van der Waals surface area contributed by atoms with Crippen molar-refractivity contribution in [1.29, 1.82) is 5.41 Å². The van der Waals surface area contributed by atoms with Crippen LogP contribution in [0.4, 0.5) is 5.69 Å². The van der Waals surface area contributed by atoms with E-state index in [1.807, 2.05) is 25.9 Å². The first-order chi connectivity index (χ1) is 13.3. The van der Waals surface area contributed by atoms with Gasteiger partial charge in [0.05, 0.1) is 16.3 Å². The van der Waals surface area contributed by atoms with Crippen LogP contribution in [0.3, 0.4) is 0 Å². The molecule has 28 heavy (non-hydrogen) atoms. The Morgan fingerprint density at radius 3 is 2.68 bits per heavy atom. The number of hydrogen-bond donors (Lipinski definition) is 2. The zero-order valence-corrected chi connectivity index (χ0v) is 15.9. The second kappa shape index (κ2) is 7.69. The third-order valence-electron chi connectivity index (χ3n) is 4.83. The molecule has 3 rings (SSSR count). The summed E-state index contributed by atoms with van der Waals surface area (Å²) in [5.74, 6) is -0.345. The summed E-state index contributed by atoms with van der Waals surface area (Å²) in [5, 5.41) is 19.8. The number of pyridine rings is 1. The van der Waals surface area contributed by atoms with Gasteiger partial charge in [-0.1, -0.05) is 0 Å². The molecule has 2 aromatic heterocycles. The Bertz CT molecular complexity index is 1050. The molecular weight excluding hydrogens is 358 g/mol. The van der Waals surface area contributed by atoms with Gasteiger partial charge in [-0.25, -0.2) is 0 Å². The number of aromatic nitrogens is 2. The van der Waals surface area contributed by atoms with E-state index >= 15 is 0 Å². The van der Waals surface area contributed by atoms with Crippen LogP contribution in [0, 0.1) is 15.5 Å². The lowest BCUT2D eigenvalue weighted by atomic mass is 10.0.